The average molecular weight is 608 g/mol. The van der Waals surface area contributed by atoms with E-state index >= 15 is 4.39 Å². The first-order valence-electron chi connectivity index (χ1n) is 12.0. The minimum atomic E-state index is -4.71. The zero-order valence-corrected chi connectivity index (χ0v) is 23.7. The summed E-state index contributed by atoms with van der Waals surface area (Å²) in [6.45, 7) is 2.62. The molecule has 0 amide bonds. The fourth-order valence-electron chi connectivity index (χ4n) is 4.36. The molecule has 4 aromatic rings. The molecule has 0 bridgehead atoms. The van der Waals surface area contributed by atoms with Crippen LogP contribution in [0, 0.1) is 6.92 Å². The number of anilines is 1. The third-order valence-electron chi connectivity index (χ3n) is 6.55. The largest absolute Gasteiger partial charge is 0.434 e. The highest BCUT2D eigenvalue weighted by atomic mass is 35.5. The van der Waals surface area contributed by atoms with Crippen molar-refractivity contribution in [3.8, 4) is 16.8 Å². The number of nitrogens with two attached hydrogens (primary N) is 2. The molecule has 0 aliphatic rings. The van der Waals surface area contributed by atoms with Crippen molar-refractivity contribution in [3.63, 3.8) is 0 Å². The number of allylic oxidation sites excluding steroid dienone is 1. The molecular formula is C28H26ClF4N5O2S. The number of hydrazine groups is 1. The lowest BCUT2D eigenvalue weighted by Gasteiger charge is -2.33. The summed E-state index contributed by atoms with van der Waals surface area (Å²) >= 11 is 5.96. The van der Waals surface area contributed by atoms with Crippen molar-refractivity contribution in [2.75, 3.05) is 11.3 Å². The second-order valence-corrected chi connectivity index (χ2v) is 11.9. The average Bonchev–Trinajstić information content (AvgIpc) is 3.30. The van der Waals surface area contributed by atoms with Crippen LogP contribution in [0.4, 0.5) is 23.2 Å². The van der Waals surface area contributed by atoms with Crippen molar-refractivity contribution in [2.45, 2.75) is 30.6 Å². The highest BCUT2D eigenvalue weighted by Gasteiger charge is 2.37. The van der Waals surface area contributed by atoms with Gasteiger partial charge in [-0.05, 0) is 66.9 Å². The van der Waals surface area contributed by atoms with E-state index in [4.69, 9.17) is 23.2 Å². The Bertz CT molecular complexity index is 1730. The molecule has 7 nitrogen and oxygen atoms in total. The van der Waals surface area contributed by atoms with Crippen LogP contribution in [0.25, 0.3) is 16.8 Å². The molecule has 4 rings (SSSR count). The number of aryl methyl sites for hydroxylation is 1. The van der Waals surface area contributed by atoms with E-state index in [1.165, 1.54) is 66.9 Å². The first-order chi connectivity index (χ1) is 19.0. The molecule has 41 heavy (non-hydrogen) atoms. The maximum absolute atomic E-state index is 16.4. The molecule has 1 atom stereocenters. The van der Waals surface area contributed by atoms with E-state index in [0.717, 1.165) is 23.7 Å². The number of nitrogens with zero attached hydrogens (tertiary/aromatic N) is 3. The molecule has 0 aliphatic heterocycles. The van der Waals surface area contributed by atoms with E-state index < -0.39 is 27.4 Å². The van der Waals surface area contributed by atoms with Gasteiger partial charge in [0.1, 0.15) is 5.82 Å². The van der Waals surface area contributed by atoms with E-state index in [0.29, 0.717) is 16.1 Å². The third kappa shape index (κ3) is 6.09. The molecule has 0 radical (unpaired) electrons. The summed E-state index contributed by atoms with van der Waals surface area (Å²) in [4.78, 5) is 3.70. The number of alkyl halides is 4. The summed E-state index contributed by atoms with van der Waals surface area (Å²) < 4.78 is 82.3. The minimum absolute atomic E-state index is 0.00205. The van der Waals surface area contributed by atoms with Crippen LogP contribution in [0.5, 0.6) is 0 Å². The van der Waals surface area contributed by atoms with Gasteiger partial charge in [-0.2, -0.15) is 13.2 Å². The molecule has 0 aliphatic carbocycles. The number of hydrogen-bond donors (Lipinski definition) is 2. The number of rotatable bonds is 7. The Morgan fingerprint density at radius 2 is 1.66 bits per heavy atom. The van der Waals surface area contributed by atoms with Crippen LogP contribution in [0.15, 0.2) is 89.7 Å². The van der Waals surface area contributed by atoms with Crippen LogP contribution in [-0.2, 0) is 21.7 Å². The van der Waals surface area contributed by atoms with Gasteiger partial charge in [-0.3, -0.25) is 5.01 Å². The van der Waals surface area contributed by atoms with Crippen LogP contribution in [0.1, 0.15) is 24.0 Å². The molecule has 0 saturated heterocycles. The first-order valence-corrected chi connectivity index (χ1v) is 14.3. The van der Waals surface area contributed by atoms with Gasteiger partial charge in [0.15, 0.2) is 21.2 Å². The van der Waals surface area contributed by atoms with Gasteiger partial charge in [0.2, 0.25) is 0 Å². The SMILES string of the molecule is Cc1nc(C(F)(F)F)cn1-c1ccc(-c2cccc(S(C)(=O)=O)c2)cc1N(N)/C(=C\N)C(C)(F)c1ccc(Cl)cc1. The molecular weight excluding hydrogens is 582 g/mol. The number of hydrogen-bond acceptors (Lipinski definition) is 6. The summed E-state index contributed by atoms with van der Waals surface area (Å²) in [7, 11) is -3.54. The third-order valence-corrected chi connectivity index (χ3v) is 7.91. The van der Waals surface area contributed by atoms with Gasteiger partial charge >= 0.3 is 6.18 Å². The van der Waals surface area contributed by atoms with E-state index in [9.17, 15) is 21.6 Å². The van der Waals surface area contributed by atoms with Gasteiger partial charge in [-0.25, -0.2) is 23.6 Å². The molecule has 0 spiro atoms. The van der Waals surface area contributed by atoms with Crippen molar-refractivity contribution in [1.29, 1.82) is 0 Å². The Hall–Kier alpha value is -3.87. The van der Waals surface area contributed by atoms with Gasteiger partial charge in [0.05, 0.1) is 22.0 Å². The number of benzene rings is 3. The second-order valence-electron chi connectivity index (χ2n) is 9.48. The predicted octanol–water partition coefficient (Wildman–Crippen LogP) is 6.29. The number of imidazole rings is 1. The van der Waals surface area contributed by atoms with Crippen molar-refractivity contribution in [3.05, 3.63) is 107 Å². The summed E-state index contributed by atoms with van der Waals surface area (Å²) in [5.41, 5.74) is 3.58. The van der Waals surface area contributed by atoms with Crippen LogP contribution in [-0.4, -0.2) is 24.2 Å². The minimum Gasteiger partial charge on any atom is -0.403 e. The smallest absolute Gasteiger partial charge is 0.403 e. The second kappa shape index (κ2) is 10.8. The van der Waals surface area contributed by atoms with Gasteiger partial charge < -0.3 is 10.3 Å². The lowest BCUT2D eigenvalue weighted by Crippen LogP contribution is -2.40. The fourth-order valence-corrected chi connectivity index (χ4v) is 5.16. The summed E-state index contributed by atoms with van der Waals surface area (Å²) in [6.07, 6.45) is -1.86. The van der Waals surface area contributed by atoms with Crippen LogP contribution >= 0.6 is 11.6 Å². The fraction of sp³-hybridized carbons (Fsp3) is 0.179. The van der Waals surface area contributed by atoms with Crippen molar-refractivity contribution >= 4 is 27.1 Å². The Morgan fingerprint density at radius 3 is 2.22 bits per heavy atom. The van der Waals surface area contributed by atoms with Crippen LogP contribution in [0.3, 0.4) is 0 Å². The lowest BCUT2D eigenvalue weighted by molar-refractivity contribution is -0.141. The maximum atomic E-state index is 16.4. The number of sulfone groups is 1. The monoisotopic (exact) mass is 607 g/mol. The Kier molecular flexibility index (Phi) is 7.96. The molecule has 3 aromatic carbocycles. The molecule has 4 N–H and O–H groups in total. The molecule has 13 heteroatoms. The molecule has 1 heterocycles. The zero-order chi connectivity index (χ0) is 30.3. The maximum Gasteiger partial charge on any atom is 0.434 e. The van der Waals surface area contributed by atoms with Crippen molar-refractivity contribution in [1.82, 2.24) is 9.55 Å². The number of halogens is 5. The highest BCUT2D eigenvalue weighted by molar-refractivity contribution is 7.90. The number of aromatic nitrogens is 2. The van der Waals surface area contributed by atoms with Gasteiger partial charge in [-0.1, -0.05) is 41.9 Å². The molecule has 0 saturated carbocycles. The summed E-state index contributed by atoms with van der Waals surface area (Å²) in [5, 5.41) is 1.33. The van der Waals surface area contributed by atoms with Crippen LogP contribution in [0.2, 0.25) is 5.02 Å². The van der Waals surface area contributed by atoms with Gasteiger partial charge in [0.25, 0.3) is 0 Å². The molecule has 1 aromatic heterocycles. The van der Waals surface area contributed by atoms with Crippen molar-refractivity contribution in [2.24, 2.45) is 11.6 Å². The van der Waals surface area contributed by atoms with E-state index in [1.807, 2.05) is 0 Å². The standard InChI is InChI=1S/C28H26ClF4N5O2S/c1-17-36-25(28(31,32)33)16-37(17)23-12-7-19(18-5-4-6-22(13-18)41(3,39)40)14-24(23)38(35)26(15-34)27(2,30)20-8-10-21(29)11-9-20/h4-16H,34-35H2,1-3H3/b26-15-. The quantitative estimate of drug-likeness (QED) is 0.145. The first kappa shape index (κ1) is 30.1. The Balaban J connectivity index is 1.93. The topological polar surface area (TPSA) is 107 Å². The molecule has 0 fully saturated rings. The van der Waals surface area contributed by atoms with Crippen molar-refractivity contribution < 1.29 is 26.0 Å². The molecule has 216 valence electrons. The van der Waals surface area contributed by atoms with Gasteiger partial charge in [-0.15, -0.1) is 0 Å². The lowest BCUT2D eigenvalue weighted by atomic mass is 9.93. The predicted molar refractivity (Wildman–Crippen MR) is 151 cm³/mol. The summed E-state index contributed by atoms with van der Waals surface area (Å²) in [5.74, 6) is 6.50. The molecule has 1 unspecified atom stereocenters. The van der Waals surface area contributed by atoms with E-state index in [2.05, 4.69) is 4.98 Å². The van der Waals surface area contributed by atoms with Crippen LogP contribution < -0.4 is 16.6 Å². The highest BCUT2D eigenvalue weighted by Crippen LogP contribution is 2.40. The zero-order valence-electron chi connectivity index (χ0n) is 22.1. The Labute approximate surface area is 239 Å². The Morgan fingerprint density at radius 1 is 1.02 bits per heavy atom. The summed E-state index contributed by atoms with van der Waals surface area (Å²) in [6, 6.07) is 16.6. The normalized spacial score (nSPS) is 14.1. The van der Waals surface area contributed by atoms with E-state index in [-0.39, 0.29) is 33.4 Å². The van der Waals surface area contributed by atoms with Gasteiger partial charge in [0, 0.05) is 23.7 Å². The van der Waals surface area contributed by atoms with E-state index in [1.54, 1.807) is 18.2 Å².